The number of carbonyl (C=O) groups is 1. The summed E-state index contributed by atoms with van der Waals surface area (Å²) in [7, 11) is 1.58. The van der Waals surface area contributed by atoms with E-state index in [2.05, 4.69) is 15.5 Å². The number of rotatable bonds is 7. The van der Waals surface area contributed by atoms with Gasteiger partial charge in [0.25, 0.3) is 11.8 Å². The number of ether oxygens (including phenoxy) is 2. The molecule has 0 saturated carbocycles. The van der Waals surface area contributed by atoms with E-state index < -0.39 is 0 Å². The Balaban J connectivity index is 1.51. The van der Waals surface area contributed by atoms with Crippen LogP contribution in [0.25, 0.3) is 22.8 Å². The van der Waals surface area contributed by atoms with Gasteiger partial charge in [-0.2, -0.15) is 4.98 Å². The van der Waals surface area contributed by atoms with E-state index >= 15 is 0 Å². The molecule has 0 radical (unpaired) electrons. The Labute approximate surface area is 179 Å². The Morgan fingerprint density at radius 1 is 0.935 bits per heavy atom. The van der Waals surface area contributed by atoms with Gasteiger partial charge in [0.15, 0.2) is 6.61 Å². The van der Waals surface area contributed by atoms with Gasteiger partial charge in [-0.15, -0.1) is 0 Å². The maximum Gasteiger partial charge on any atom is 0.262 e. The van der Waals surface area contributed by atoms with Crippen LogP contribution in [0.1, 0.15) is 5.56 Å². The van der Waals surface area contributed by atoms with Gasteiger partial charge in [-0.3, -0.25) is 4.79 Å². The number of carbonyl (C=O) groups excluding carboxylic acids is 1. The second kappa shape index (κ2) is 9.13. The molecule has 0 fully saturated rings. The number of methoxy groups -OCH3 is 1. The first-order chi connectivity index (χ1) is 15.2. The minimum Gasteiger partial charge on any atom is -0.496 e. The molecule has 0 atom stereocenters. The molecule has 0 aliphatic heterocycles. The summed E-state index contributed by atoms with van der Waals surface area (Å²) in [6, 6.07) is 22.2. The van der Waals surface area contributed by atoms with Crippen molar-refractivity contribution in [2.75, 3.05) is 19.0 Å². The fourth-order valence-corrected chi connectivity index (χ4v) is 3.08. The van der Waals surface area contributed by atoms with Crippen LogP contribution in [0.2, 0.25) is 0 Å². The lowest BCUT2D eigenvalue weighted by Crippen LogP contribution is -2.20. The zero-order chi connectivity index (χ0) is 21.6. The van der Waals surface area contributed by atoms with Crippen molar-refractivity contribution in [3.8, 4) is 34.3 Å². The molecule has 4 aromatic rings. The highest BCUT2D eigenvalue weighted by Gasteiger charge is 2.17. The van der Waals surface area contributed by atoms with Crippen molar-refractivity contribution in [2.24, 2.45) is 0 Å². The fraction of sp³-hybridized carbons (Fsp3) is 0.125. The van der Waals surface area contributed by atoms with Crippen LogP contribution in [0.5, 0.6) is 11.5 Å². The fourth-order valence-electron chi connectivity index (χ4n) is 3.08. The van der Waals surface area contributed by atoms with E-state index in [0.717, 1.165) is 11.3 Å². The van der Waals surface area contributed by atoms with Crippen LogP contribution in [0.15, 0.2) is 77.3 Å². The first-order valence-corrected chi connectivity index (χ1v) is 9.70. The number of aryl methyl sites for hydroxylation is 1. The maximum atomic E-state index is 12.3. The number of anilines is 1. The van der Waals surface area contributed by atoms with Crippen molar-refractivity contribution in [2.45, 2.75) is 6.92 Å². The summed E-state index contributed by atoms with van der Waals surface area (Å²) >= 11 is 0. The second-order valence-electron chi connectivity index (χ2n) is 6.77. The Kier molecular flexibility index (Phi) is 5.93. The summed E-state index contributed by atoms with van der Waals surface area (Å²) in [5, 5.41) is 6.93. The van der Waals surface area contributed by atoms with Crippen LogP contribution >= 0.6 is 0 Å². The standard InChI is InChI=1S/C24H21N3O4/c1-16-9-3-6-12-19(16)25-22(28)15-30-21-14-8-4-10-17(21)23-26-24(31-27-23)18-11-5-7-13-20(18)29-2/h3-14H,15H2,1-2H3,(H,25,28). The Hall–Kier alpha value is -4.13. The minimum absolute atomic E-state index is 0.150. The van der Waals surface area contributed by atoms with E-state index in [0.29, 0.717) is 34.3 Å². The van der Waals surface area contributed by atoms with E-state index in [-0.39, 0.29) is 12.5 Å². The second-order valence-corrected chi connectivity index (χ2v) is 6.77. The zero-order valence-corrected chi connectivity index (χ0v) is 17.2. The molecular weight excluding hydrogens is 394 g/mol. The maximum absolute atomic E-state index is 12.3. The van der Waals surface area contributed by atoms with Gasteiger partial charge in [0.1, 0.15) is 11.5 Å². The number of nitrogens with zero attached hydrogens (tertiary/aromatic N) is 2. The molecule has 0 aliphatic rings. The summed E-state index contributed by atoms with van der Waals surface area (Å²) in [6.07, 6.45) is 0. The van der Waals surface area contributed by atoms with Crippen LogP contribution in [-0.2, 0) is 4.79 Å². The predicted octanol–water partition coefficient (Wildman–Crippen LogP) is 4.74. The number of hydrogen-bond donors (Lipinski definition) is 1. The Morgan fingerprint density at radius 2 is 1.61 bits per heavy atom. The van der Waals surface area contributed by atoms with Crippen molar-refractivity contribution in [3.05, 3.63) is 78.4 Å². The number of para-hydroxylation sites is 3. The summed E-state index contributed by atoms with van der Waals surface area (Å²) in [4.78, 5) is 16.8. The highest BCUT2D eigenvalue weighted by atomic mass is 16.5. The molecule has 0 unspecified atom stereocenters. The van der Waals surface area contributed by atoms with E-state index in [4.69, 9.17) is 14.0 Å². The lowest BCUT2D eigenvalue weighted by atomic mass is 10.2. The van der Waals surface area contributed by atoms with Gasteiger partial charge in [0, 0.05) is 5.69 Å². The average molecular weight is 415 g/mol. The minimum atomic E-state index is -0.257. The molecule has 7 heteroatoms. The summed E-state index contributed by atoms with van der Waals surface area (Å²) < 4.78 is 16.6. The molecule has 0 bridgehead atoms. The highest BCUT2D eigenvalue weighted by molar-refractivity contribution is 5.92. The lowest BCUT2D eigenvalue weighted by Gasteiger charge is -2.11. The molecule has 7 nitrogen and oxygen atoms in total. The van der Waals surface area contributed by atoms with Gasteiger partial charge in [-0.1, -0.05) is 47.6 Å². The van der Waals surface area contributed by atoms with Gasteiger partial charge >= 0.3 is 0 Å². The quantitative estimate of drug-likeness (QED) is 0.469. The van der Waals surface area contributed by atoms with Crippen LogP contribution in [0.3, 0.4) is 0 Å². The van der Waals surface area contributed by atoms with Crippen molar-refractivity contribution >= 4 is 11.6 Å². The van der Waals surface area contributed by atoms with Gasteiger partial charge in [-0.25, -0.2) is 0 Å². The van der Waals surface area contributed by atoms with Gasteiger partial charge in [-0.05, 0) is 42.8 Å². The van der Waals surface area contributed by atoms with Crippen LogP contribution in [0.4, 0.5) is 5.69 Å². The molecule has 0 spiro atoms. The van der Waals surface area contributed by atoms with Crippen LogP contribution < -0.4 is 14.8 Å². The third-order valence-corrected chi connectivity index (χ3v) is 4.67. The van der Waals surface area contributed by atoms with E-state index in [9.17, 15) is 4.79 Å². The topological polar surface area (TPSA) is 86.5 Å². The van der Waals surface area contributed by atoms with Crippen LogP contribution in [0, 0.1) is 6.92 Å². The molecule has 0 aliphatic carbocycles. The number of aromatic nitrogens is 2. The van der Waals surface area contributed by atoms with Crippen molar-refractivity contribution < 1.29 is 18.8 Å². The largest absolute Gasteiger partial charge is 0.496 e. The molecule has 1 heterocycles. The molecule has 1 N–H and O–H groups in total. The molecule has 4 rings (SSSR count). The zero-order valence-electron chi connectivity index (χ0n) is 17.2. The average Bonchev–Trinajstić information content (AvgIpc) is 3.29. The van der Waals surface area contributed by atoms with Crippen LogP contribution in [-0.4, -0.2) is 29.8 Å². The number of amides is 1. The summed E-state index contributed by atoms with van der Waals surface area (Å²) in [5.41, 5.74) is 3.05. The predicted molar refractivity (Wildman–Crippen MR) is 117 cm³/mol. The summed E-state index contributed by atoms with van der Waals surface area (Å²) in [6.45, 7) is 1.78. The molecule has 0 saturated heterocycles. The monoisotopic (exact) mass is 415 g/mol. The third-order valence-electron chi connectivity index (χ3n) is 4.67. The first-order valence-electron chi connectivity index (χ1n) is 9.70. The third kappa shape index (κ3) is 4.56. The SMILES string of the molecule is COc1ccccc1-c1nc(-c2ccccc2OCC(=O)Nc2ccccc2C)no1. The molecule has 156 valence electrons. The normalized spacial score (nSPS) is 10.5. The van der Waals surface area contributed by atoms with Crippen molar-refractivity contribution in [3.63, 3.8) is 0 Å². The van der Waals surface area contributed by atoms with E-state index in [1.165, 1.54) is 0 Å². The van der Waals surface area contributed by atoms with Gasteiger partial charge in [0.05, 0.1) is 18.2 Å². The lowest BCUT2D eigenvalue weighted by molar-refractivity contribution is -0.118. The number of benzene rings is 3. The molecule has 31 heavy (non-hydrogen) atoms. The van der Waals surface area contributed by atoms with Gasteiger partial charge in [0.2, 0.25) is 5.82 Å². The molecular formula is C24H21N3O4. The molecule has 3 aromatic carbocycles. The smallest absolute Gasteiger partial charge is 0.262 e. The Bertz CT molecular complexity index is 1200. The van der Waals surface area contributed by atoms with E-state index in [1.807, 2.05) is 73.7 Å². The number of hydrogen-bond acceptors (Lipinski definition) is 6. The number of nitrogens with one attached hydrogen (secondary N) is 1. The summed E-state index contributed by atoms with van der Waals surface area (Å²) in [5.74, 6) is 1.55. The molecule has 1 amide bonds. The van der Waals surface area contributed by atoms with Crippen molar-refractivity contribution in [1.29, 1.82) is 0 Å². The molecule has 1 aromatic heterocycles. The highest BCUT2D eigenvalue weighted by Crippen LogP contribution is 2.32. The van der Waals surface area contributed by atoms with Crippen molar-refractivity contribution in [1.82, 2.24) is 10.1 Å². The van der Waals surface area contributed by atoms with E-state index in [1.54, 1.807) is 13.2 Å². The Morgan fingerprint density at radius 3 is 2.39 bits per heavy atom. The van der Waals surface area contributed by atoms with Gasteiger partial charge < -0.3 is 19.3 Å². The first kappa shape index (κ1) is 20.2.